The van der Waals surface area contributed by atoms with Crippen molar-refractivity contribution in [1.29, 1.82) is 0 Å². The first-order valence-corrected chi connectivity index (χ1v) is 11.1. The second-order valence-electron chi connectivity index (χ2n) is 7.61. The predicted molar refractivity (Wildman–Crippen MR) is 111 cm³/mol. The van der Waals surface area contributed by atoms with Gasteiger partial charge in [-0.15, -0.1) is 0 Å². The second-order valence-corrected chi connectivity index (χ2v) is 9.30. The summed E-state index contributed by atoms with van der Waals surface area (Å²) in [6.45, 7) is 3.48. The number of sulfonamides is 1. The number of fused-ring (bicyclic) bond motifs is 1. The molecule has 30 heavy (non-hydrogen) atoms. The summed E-state index contributed by atoms with van der Waals surface area (Å²) in [5.41, 5.74) is 6.36. The highest BCUT2D eigenvalue weighted by Crippen LogP contribution is 2.33. The molecule has 10 heteroatoms. The van der Waals surface area contributed by atoms with Crippen LogP contribution in [-0.2, 0) is 10.0 Å². The number of carbonyl (C=O) groups is 1. The first-order valence-electron chi connectivity index (χ1n) is 9.64. The third kappa shape index (κ3) is 3.52. The van der Waals surface area contributed by atoms with Crippen molar-refractivity contribution in [3.63, 3.8) is 0 Å². The molecule has 9 nitrogen and oxygen atoms in total. The van der Waals surface area contributed by atoms with Crippen LogP contribution in [-0.4, -0.2) is 30.5 Å². The molecule has 3 aromatic rings. The number of carbonyl (C=O) groups excluding carboxylic acids is 1. The molecule has 1 aliphatic carbocycles. The average Bonchev–Trinajstić information content (AvgIpc) is 3.29. The topological polar surface area (TPSA) is 148 Å². The van der Waals surface area contributed by atoms with E-state index in [0.29, 0.717) is 22.6 Å². The number of aryl methyl sites for hydroxylation is 2. The summed E-state index contributed by atoms with van der Waals surface area (Å²) in [6, 6.07) is 4.24. The Balaban J connectivity index is 2.00. The van der Waals surface area contributed by atoms with E-state index in [1.165, 1.54) is 12.1 Å². The Morgan fingerprint density at radius 3 is 2.53 bits per heavy atom. The smallest absolute Gasteiger partial charge is 0.261 e. The van der Waals surface area contributed by atoms with E-state index in [1.54, 1.807) is 19.9 Å². The van der Waals surface area contributed by atoms with Crippen molar-refractivity contribution in [2.45, 2.75) is 50.5 Å². The lowest BCUT2D eigenvalue weighted by molar-refractivity contribution is 0.0999. The van der Waals surface area contributed by atoms with Gasteiger partial charge in [-0.2, -0.15) is 0 Å². The van der Waals surface area contributed by atoms with Gasteiger partial charge in [0.1, 0.15) is 11.3 Å². The lowest BCUT2D eigenvalue weighted by atomic mass is 10.0. The van der Waals surface area contributed by atoms with Crippen LogP contribution < -0.4 is 16.0 Å². The minimum atomic E-state index is -3.94. The zero-order chi connectivity index (χ0) is 21.6. The standard InChI is InChI=1S/C20H22N4O5S/c1-10-18(11(2)29-23-10)12-7-16-14(9-15(19(21)25)20(26)22-16)17(8-12)30(27,28)24-13-5-3-4-6-13/h7-9,13,24H,3-6H2,1-2H3,(H2,21,25)(H,22,26). The Labute approximate surface area is 172 Å². The molecule has 0 unspecified atom stereocenters. The van der Waals surface area contributed by atoms with Crippen LogP contribution >= 0.6 is 0 Å². The molecule has 1 fully saturated rings. The van der Waals surface area contributed by atoms with E-state index in [9.17, 15) is 18.0 Å². The molecule has 1 aliphatic rings. The Morgan fingerprint density at radius 1 is 1.23 bits per heavy atom. The number of aromatic nitrogens is 2. The molecule has 0 saturated heterocycles. The first kappa shape index (κ1) is 20.3. The van der Waals surface area contributed by atoms with Crippen molar-refractivity contribution in [2.24, 2.45) is 5.73 Å². The van der Waals surface area contributed by atoms with Gasteiger partial charge >= 0.3 is 0 Å². The van der Waals surface area contributed by atoms with E-state index in [1.807, 2.05) is 0 Å². The summed E-state index contributed by atoms with van der Waals surface area (Å²) in [5.74, 6) is -0.407. The molecule has 2 heterocycles. The van der Waals surface area contributed by atoms with Gasteiger partial charge in [0.25, 0.3) is 11.5 Å². The molecule has 0 spiro atoms. The van der Waals surface area contributed by atoms with Crippen molar-refractivity contribution in [3.8, 4) is 11.1 Å². The number of aromatic amines is 1. The van der Waals surface area contributed by atoms with E-state index in [2.05, 4.69) is 14.9 Å². The molecule has 0 aliphatic heterocycles. The van der Waals surface area contributed by atoms with Crippen LogP contribution in [0.5, 0.6) is 0 Å². The molecule has 2 aromatic heterocycles. The molecule has 0 radical (unpaired) electrons. The number of nitrogens with one attached hydrogen (secondary N) is 2. The number of benzene rings is 1. The minimum absolute atomic E-state index is 0.0411. The zero-order valence-corrected chi connectivity index (χ0v) is 17.4. The quantitative estimate of drug-likeness (QED) is 0.565. The minimum Gasteiger partial charge on any atom is -0.365 e. The Bertz CT molecular complexity index is 1300. The van der Waals surface area contributed by atoms with Crippen LogP contribution in [0, 0.1) is 13.8 Å². The van der Waals surface area contributed by atoms with Crippen LogP contribution in [0.15, 0.2) is 32.4 Å². The molecule has 4 N–H and O–H groups in total. The molecule has 1 aromatic carbocycles. The number of pyridine rings is 1. The van der Waals surface area contributed by atoms with Gasteiger partial charge in [-0.3, -0.25) is 9.59 Å². The van der Waals surface area contributed by atoms with Gasteiger partial charge in [-0.05, 0) is 50.5 Å². The van der Waals surface area contributed by atoms with Gasteiger partial charge in [-0.25, -0.2) is 13.1 Å². The van der Waals surface area contributed by atoms with E-state index >= 15 is 0 Å². The predicted octanol–water partition coefficient (Wildman–Crippen LogP) is 2.12. The van der Waals surface area contributed by atoms with Gasteiger partial charge in [0, 0.05) is 17.0 Å². The van der Waals surface area contributed by atoms with Gasteiger partial charge in [-0.1, -0.05) is 18.0 Å². The second kappa shape index (κ2) is 7.37. The third-order valence-corrected chi connectivity index (χ3v) is 7.04. The Kier molecular flexibility index (Phi) is 4.99. The number of hydrogen-bond acceptors (Lipinski definition) is 6. The number of primary amides is 1. The van der Waals surface area contributed by atoms with Crippen LogP contribution in [0.25, 0.3) is 22.0 Å². The number of amides is 1. The molecule has 0 bridgehead atoms. The number of hydrogen-bond donors (Lipinski definition) is 3. The lowest BCUT2D eigenvalue weighted by Gasteiger charge is -2.16. The van der Waals surface area contributed by atoms with Crippen molar-refractivity contribution in [1.82, 2.24) is 14.9 Å². The monoisotopic (exact) mass is 430 g/mol. The van der Waals surface area contributed by atoms with Crippen molar-refractivity contribution in [2.75, 3.05) is 0 Å². The third-order valence-electron chi connectivity index (χ3n) is 5.48. The maximum atomic E-state index is 13.3. The summed E-state index contributed by atoms with van der Waals surface area (Å²) in [6.07, 6.45) is 3.46. The maximum absolute atomic E-state index is 13.3. The fraction of sp³-hybridized carbons (Fsp3) is 0.350. The van der Waals surface area contributed by atoms with Crippen LogP contribution in [0.3, 0.4) is 0 Å². The van der Waals surface area contributed by atoms with Crippen molar-refractivity contribution in [3.05, 3.63) is 45.6 Å². The fourth-order valence-electron chi connectivity index (χ4n) is 4.05. The number of rotatable bonds is 5. The van der Waals surface area contributed by atoms with Gasteiger partial charge in [0.05, 0.1) is 16.1 Å². The molecular weight excluding hydrogens is 408 g/mol. The lowest BCUT2D eigenvalue weighted by Crippen LogP contribution is -2.33. The highest BCUT2D eigenvalue weighted by Gasteiger charge is 2.27. The largest absolute Gasteiger partial charge is 0.365 e. The van der Waals surface area contributed by atoms with Crippen LogP contribution in [0.2, 0.25) is 0 Å². The number of H-pyrrole nitrogens is 1. The normalized spacial score (nSPS) is 15.1. The summed E-state index contributed by atoms with van der Waals surface area (Å²) in [7, 11) is -3.94. The summed E-state index contributed by atoms with van der Waals surface area (Å²) in [5, 5.41) is 4.14. The molecule has 1 amide bonds. The van der Waals surface area contributed by atoms with Gasteiger partial charge < -0.3 is 15.2 Å². The van der Waals surface area contributed by atoms with Crippen molar-refractivity contribution < 1.29 is 17.7 Å². The average molecular weight is 430 g/mol. The Morgan fingerprint density at radius 2 is 1.93 bits per heavy atom. The van der Waals surface area contributed by atoms with E-state index in [0.717, 1.165) is 25.7 Å². The highest BCUT2D eigenvalue weighted by atomic mass is 32.2. The van der Waals surface area contributed by atoms with E-state index in [4.69, 9.17) is 10.3 Å². The summed E-state index contributed by atoms with van der Waals surface area (Å²) < 4.78 is 34.6. The zero-order valence-electron chi connectivity index (χ0n) is 16.6. The fourth-order valence-corrected chi connectivity index (χ4v) is 5.59. The maximum Gasteiger partial charge on any atom is 0.261 e. The van der Waals surface area contributed by atoms with Crippen molar-refractivity contribution >= 4 is 26.8 Å². The Hall–Kier alpha value is -2.98. The summed E-state index contributed by atoms with van der Waals surface area (Å²) in [4.78, 5) is 26.5. The molecule has 0 atom stereocenters. The molecular formula is C20H22N4O5S. The first-order chi connectivity index (χ1) is 14.2. The molecule has 158 valence electrons. The van der Waals surface area contributed by atoms with Crippen LogP contribution in [0.4, 0.5) is 0 Å². The van der Waals surface area contributed by atoms with Gasteiger partial charge in [0.15, 0.2) is 0 Å². The SMILES string of the molecule is Cc1noc(C)c1-c1cc(S(=O)(=O)NC2CCCC2)c2cc(C(N)=O)c(=O)[nH]c2c1. The number of nitrogens with zero attached hydrogens (tertiary/aromatic N) is 1. The van der Waals surface area contributed by atoms with Crippen LogP contribution in [0.1, 0.15) is 47.5 Å². The molecule has 4 rings (SSSR count). The van der Waals surface area contributed by atoms with Gasteiger partial charge in [0.2, 0.25) is 10.0 Å². The molecule has 1 saturated carbocycles. The van der Waals surface area contributed by atoms with E-state index in [-0.39, 0.29) is 27.4 Å². The number of nitrogens with two attached hydrogens (primary N) is 1. The summed E-state index contributed by atoms with van der Waals surface area (Å²) >= 11 is 0. The highest BCUT2D eigenvalue weighted by molar-refractivity contribution is 7.89. The van der Waals surface area contributed by atoms with E-state index < -0.39 is 21.5 Å².